The smallest absolute Gasteiger partial charge is 0.140 e. The van der Waals surface area contributed by atoms with E-state index in [0.29, 0.717) is 13.2 Å². The summed E-state index contributed by atoms with van der Waals surface area (Å²) in [4.78, 5) is 0. The molecule has 4 nitrogen and oxygen atoms in total. The number of benzene rings is 1. The Morgan fingerprint density at radius 1 is 1.21 bits per heavy atom. The van der Waals surface area contributed by atoms with Crippen molar-refractivity contribution >= 4 is 25.0 Å². The molecule has 0 radical (unpaired) electrons. The summed E-state index contributed by atoms with van der Waals surface area (Å²) in [7, 11) is -1.08. The lowest BCUT2D eigenvalue weighted by Gasteiger charge is -2.29. The molecule has 0 atom stereocenters. The lowest BCUT2D eigenvalue weighted by atomic mass is 9.95. The van der Waals surface area contributed by atoms with Crippen molar-refractivity contribution in [2.45, 2.75) is 44.9 Å². The maximum atomic E-state index is 9.43. The average molecular weight is 345 g/mol. The highest BCUT2D eigenvalue weighted by Gasteiger charge is 2.29. The lowest BCUT2D eigenvalue weighted by molar-refractivity contribution is 0.147. The van der Waals surface area contributed by atoms with Crippen LogP contribution in [0.1, 0.15) is 24.8 Å². The molecular weight excluding hydrogens is 316 g/mol. The van der Waals surface area contributed by atoms with Crippen LogP contribution in [0.3, 0.4) is 0 Å². The van der Waals surface area contributed by atoms with Crippen LogP contribution >= 0.6 is 0 Å². The van der Waals surface area contributed by atoms with Gasteiger partial charge < -0.3 is 9.84 Å². The number of hydrogen-bond donors (Lipinski definition) is 1. The van der Waals surface area contributed by atoms with Crippen LogP contribution in [0.5, 0.6) is 0 Å². The van der Waals surface area contributed by atoms with Crippen LogP contribution in [0.2, 0.25) is 25.7 Å². The Kier molecular flexibility index (Phi) is 5.23. The summed E-state index contributed by atoms with van der Waals surface area (Å²) in [5.74, 6) is 0. The van der Waals surface area contributed by atoms with Gasteiger partial charge in [0.25, 0.3) is 0 Å². The highest BCUT2D eigenvalue weighted by Crippen LogP contribution is 2.43. The zero-order chi connectivity index (χ0) is 17.2. The van der Waals surface area contributed by atoms with Gasteiger partial charge in [0.05, 0.1) is 11.4 Å². The summed E-state index contributed by atoms with van der Waals surface area (Å²) in [5, 5.41) is 16.2. The van der Waals surface area contributed by atoms with Gasteiger partial charge in [-0.1, -0.05) is 43.4 Å². The van der Waals surface area contributed by atoms with Gasteiger partial charge in [0.1, 0.15) is 6.73 Å². The third-order valence-corrected chi connectivity index (χ3v) is 6.10. The van der Waals surface area contributed by atoms with Crippen molar-refractivity contribution in [2.75, 3.05) is 25.0 Å². The van der Waals surface area contributed by atoms with Crippen LogP contribution in [0.15, 0.2) is 34.9 Å². The molecule has 1 aromatic rings. The van der Waals surface area contributed by atoms with Gasteiger partial charge in [0.15, 0.2) is 0 Å². The Morgan fingerprint density at radius 2 is 1.96 bits per heavy atom. The number of hydrazone groups is 1. The van der Waals surface area contributed by atoms with Crippen molar-refractivity contribution in [3.8, 4) is 0 Å². The molecule has 1 N–H and O–H groups in total. The van der Waals surface area contributed by atoms with Crippen LogP contribution in [-0.4, -0.2) is 38.8 Å². The second-order valence-corrected chi connectivity index (χ2v) is 13.4. The van der Waals surface area contributed by atoms with Gasteiger partial charge >= 0.3 is 0 Å². The van der Waals surface area contributed by atoms with E-state index >= 15 is 0 Å². The molecule has 0 spiro atoms. The Bertz CT molecular complexity index is 656. The second kappa shape index (κ2) is 7.21. The molecule has 3 rings (SSSR count). The van der Waals surface area contributed by atoms with Crippen LogP contribution in [0.25, 0.3) is 5.57 Å². The minimum absolute atomic E-state index is 0.127. The summed E-state index contributed by atoms with van der Waals surface area (Å²) in [5.41, 5.74) is 6.07. The number of fused-ring (bicyclic) bond motifs is 1. The molecule has 1 aromatic carbocycles. The number of aliphatic hydroxyl groups is 1. The van der Waals surface area contributed by atoms with Crippen LogP contribution in [-0.2, 0) is 4.74 Å². The molecule has 0 saturated heterocycles. The highest BCUT2D eigenvalue weighted by atomic mass is 28.3. The lowest BCUT2D eigenvalue weighted by Crippen LogP contribution is -2.29. The molecule has 0 amide bonds. The third-order valence-electron chi connectivity index (χ3n) is 4.39. The molecule has 0 unspecified atom stereocenters. The molecule has 0 bridgehead atoms. The zero-order valence-electron chi connectivity index (χ0n) is 15.0. The number of allylic oxidation sites excluding steroid dienone is 2. The average Bonchev–Trinajstić information content (AvgIpc) is 3.35. The number of anilines is 1. The van der Waals surface area contributed by atoms with E-state index in [2.05, 4.69) is 43.9 Å². The van der Waals surface area contributed by atoms with Crippen LogP contribution < -0.4 is 5.01 Å². The van der Waals surface area contributed by atoms with Crippen molar-refractivity contribution < 1.29 is 9.84 Å². The zero-order valence-corrected chi connectivity index (χ0v) is 16.0. The Labute approximate surface area is 145 Å². The third kappa shape index (κ3) is 4.15. The van der Waals surface area contributed by atoms with E-state index in [1.807, 2.05) is 5.01 Å². The summed E-state index contributed by atoms with van der Waals surface area (Å²) in [6, 6.07) is 9.56. The summed E-state index contributed by atoms with van der Waals surface area (Å²) < 4.78 is 5.92. The maximum absolute atomic E-state index is 9.43. The summed E-state index contributed by atoms with van der Waals surface area (Å²) >= 11 is 0. The molecule has 1 aliphatic heterocycles. The number of para-hydroxylation sites is 1. The van der Waals surface area contributed by atoms with Crippen molar-refractivity contribution in [1.29, 1.82) is 0 Å². The van der Waals surface area contributed by atoms with Gasteiger partial charge in [-0.15, -0.1) is 0 Å². The minimum Gasteiger partial charge on any atom is -0.396 e. The number of nitrogens with zero attached hydrogens (tertiary/aromatic N) is 2. The molecule has 5 heteroatoms. The van der Waals surface area contributed by atoms with Gasteiger partial charge in [0, 0.05) is 38.8 Å². The monoisotopic (exact) mass is 344 g/mol. The molecule has 1 saturated carbocycles. The minimum atomic E-state index is -1.08. The number of rotatable bonds is 7. The van der Waals surface area contributed by atoms with Gasteiger partial charge in [-0.25, -0.2) is 5.01 Å². The first-order valence-electron chi connectivity index (χ1n) is 8.85. The topological polar surface area (TPSA) is 45.1 Å². The van der Waals surface area contributed by atoms with E-state index in [-0.39, 0.29) is 6.61 Å². The fraction of sp³-hybridized carbons (Fsp3) is 0.526. The van der Waals surface area contributed by atoms with Crippen LogP contribution in [0, 0.1) is 0 Å². The molecular formula is C19H28N2O2Si. The Morgan fingerprint density at radius 3 is 2.62 bits per heavy atom. The SMILES string of the molecule is C[Si](C)(C)CCOCN1N=C(CCO)C(=C2CC2)c2ccccc21. The van der Waals surface area contributed by atoms with Gasteiger partial charge in [-0.3, -0.25) is 0 Å². The second-order valence-electron chi connectivity index (χ2n) is 7.76. The number of aliphatic hydroxyl groups excluding tert-OH is 1. The number of ether oxygens (including phenoxy) is 1. The predicted molar refractivity (Wildman–Crippen MR) is 103 cm³/mol. The highest BCUT2D eigenvalue weighted by molar-refractivity contribution is 6.76. The Balaban J connectivity index is 1.79. The largest absolute Gasteiger partial charge is 0.396 e. The van der Waals surface area contributed by atoms with E-state index in [1.165, 1.54) is 16.7 Å². The molecule has 0 aromatic heterocycles. The van der Waals surface area contributed by atoms with Crippen molar-refractivity contribution in [3.63, 3.8) is 0 Å². The fourth-order valence-electron chi connectivity index (χ4n) is 2.93. The van der Waals surface area contributed by atoms with Gasteiger partial charge in [0.2, 0.25) is 0 Å². The van der Waals surface area contributed by atoms with Crippen molar-refractivity contribution in [3.05, 3.63) is 35.4 Å². The molecule has 24 heavy (non-hydrogen) atoms. The fourth-order valence-corrected chi connectivity index (χ4v) is 3.69. The molecule has 130 valence electrons. The maximum Gasteiger partial charge on any atom is 0.140 e. The van der Waals surface area contributed by atoms with Crippen molar-refractivity contribution in [2.24, 2.45) is 5.10 Å². The number of hydrogen-bond acceptors (Lipinski definition) is 4. The molecule has 1 fully saturated rings. The Hall–Kier alpha value is -1.43. The standard InChI is InChI=1S/C19H28N2O2Si/c1-24(2,3)13-12-23-14-21-18-7-5-4-6-16(18)19(15-8-9-15)17(20-21)10-11-22/h4-7,22H,8-14H2,1-3H3. The van der Waals surface area contributed by atoms with E-state index < -0.39 is 8.07 Å². The normalized spacial score (nSPS) is 17.0. The first kappa shape index (κ1) is 17.4. The summed E-state index contributed by atoms with van der Waals surface area (Å²) in [6.45, 7) is 8.46. The van der Waals surface area contributed by atoms with E-state index in [0.717, 1.165) is 36.9 Å². The first-order chi connectivity index (χ1) is 11.5. The molecule has 1 heterocycles. The van der Waals surface area contributed by atoms with Crippen molar-refractivity contribution in [1.82, 2.24) is 0 Å². The van der Waals surface area contributed by atoms with Crippen LogP contribution in [0.4, 0.5) is 5.69 Å². The van der Waals surface area contributed by atoms with Gasteiger partial charge in [-0.05, 0) is 25.0 Å². The summed E-state index contributed by atoms with van der Waals surface area (Å²) in [6.07, 6.45) is 2.90. The van der Waals surface area contributed by atoms with E-state index in [4.69, 9.17) is 9.84 Å². The first-order valence-corrected chi connectivity index (χ1v) is 12.6. The predicted octanol–water partition coefficient (Wildman–Crippen LogP) is 4.10. The van der Waals surface area contributed by atoms with E-state index in [9.17, 15) is 5.11 Å². The van der Waals surface area contributed by atoms with E-state index in [1.54, 1.807) is 0 Å². The quantitative estimate of drug-likeness (QED) is 0.598. The molecule has 1 aliphatic carbocycles. The molecule has 2 aliphatic rings. The van der Waals surface area contributed by atoms with Gasteiger partial charge in [-0.2, -0.15) is 5.10 Å².